The quantitative estimate of drug-likeness (QED) is 0.493. The fourth-order valence-electron chi connectivity index (χ4n) is 1.40. The predicted molar refractivity (Wildman–Crippen MR) is 71.8 cm³/mol. The molecule has 1 aliphatic carbocycles. The Morgan fingerprint density at radius 2 is 2.11 bits per heavy atom. The fourth-order valence-corrected chi connectivity index (χ4v) is 1.40. The Hall–Kier alpha value is -0.447. The molecule has 1 N–H and O–H groups in total. The van der Waals surface area contributed by atoms with Gasteiger partial charge in [-0.15, -0.1) is 0 Å². The summed E-state index contributed by atoms with van der Waals surface area (Å²) in [4.78, 5) is 14.4. The van der Waals surface area contributed by atoms with Crippen LogP contribution in [0.4, 0.5) is 5.69 Å². The Labute approximate surface area is 129 Å². The summed E-state index contributed by atoms with van der Waals surface area (Å²) in [5.74, 6) is 0.0648. The molecule has 1 fully saturated rings. The Kier molecular flexibility index (Phi) is 6.97. The number of nitro benzene ring substituents is 1. The van der Waals surface area contributed by atoms with E-state index >= 15 is 0 Å². The number of benzene rings is 1. The molecule has 2 rings (SSSR count). The van der Waals surface area contributed by atoms with Crippen LogP contribution in [0, 0.1) is 17.0 Å². The van der Waals surface area contributed by atoms with Crippen LogP contribution in [0.3, 0.4) is 0 Å². The average Bonchev–Trinajstić information content (AvgIpc) is 3.15. The van der Waals surface area contributed by atoms with Crippen LogP contribution < -0.4 is 0 Å². The summed E-state index contributed by atoms with van der Waals surface area (Å²) in [6, 6.07) is 3.02. The molecule has 1 aromatic rings. The zero-order chi connectivity index (χ0) is 14.4. The number of phenols is 1. The Morgan fingerprint density at radius 1 is 1.53 bits per heavy atom. The van der Waals surface area contributed by atoms with Gasteiger partial charge in [0.15, 0.2) is 0 Å². The molecule has 0 bridgehead atoms. The number of aromatic hydroxyl groups is 1. The third-order valence-electron chi connectivity index (χ3n) is 2.50. The van der Waals surface area contributed by atoms with Crippen LogP contribution >= 0.6 is 17.0 Å². The van der Waals surface area contributed by atoms with Gasteiger partial charge in [-0.1, -0.05) is 0 Å². The van der Waals surface area contributed by atoms with Crippen LogP contribution in [0.25, 0.3) is 0 Å². The van der Waals surface area contributed by atoms with Gasteiger partial charge in [0.05, 0.1) is 11.0 Å². The number of halogens is 2. The van der Waals surface area contributed by atoms with E-state index < -0.39 is 25.8 Å². The monoisotopic (exact) mass is 380 g/mol. The molecule has 0 heterocycles. The van der Waals surface area contributed by atoms with Gasteiger partial charge < -0.3 is 5.11 Å². The minimum atomic E-state index is -0.826. The molecule has 0 atom stereocenters. The van der Waals surface area contributed by atoms with Gasteiger partial charge in [-0.05, 0) is 25.3 Å². The van der Waals surface area contributed by atoms with Gasteiger partial charge in [0.25, 0.3) is 5.69 Å². The van der Waals surface area contributed by atoms with E-state index in [0.29, 0.717) is 17.2 Å². The Bertz CT molecular complexity index is 493. The van der Waals surface area contributed by atoms with Crippen molar-refractivity contribution in [1.82, 2.24) is 0 Å². The van der Waals surface area contributed by atoms with Crippen molar-refractivity contribution in [3.63, 3.8) is 0 Å². The number of aliphatic imine (C=N–C) groups is 1. The van der Waals surface area contributed by atoms with Gasteiger partial charge >= 0.3 is 37.9 Å². The molecule has 1 aromatic carbocycles. The number of hydrogen-bond donors (Lipinski definition) is 1. The van der Waals surface area contributed by atoms with Crippen molar-refractivity contribution in [2.75, 3.05) is 0 Å². The van der Waals surface area contributed by atoms with E-state index in [1.54, 1.807) is 6.92 Å². The summed E-state index contributed by atoms with van der Waals surface area (Å²) in [6.07, 6.45) is 3.64. The number of non-ortho nitro benzene ring substituents is 1. The number of hydrogen-bond acceptors (Lipinski definition) is 4. The second-order valence-electron chi connectivity index (χ2n) is 4.04. The van der Waals surface area contributed by atoms with Crippen molar-refractivity contribution in [3.8, 4) is 5.75 Å². The molecule has 0 aliphatic heterocycles. The first-order valence-electron chi connectivity index (χ1n) is 5.47. The zero-order valence-corrected chi connectivity index (χ0v) is 14.1. The fraction of sp³-hybridized carbons (Fsp3) is 0.364. The third kappa shape index (κ3) is 5.59. The Balaban J connectivity index is 0.000000550. The molecule has 0 spiro atoms. The number of aryl methyl sites for hydroxylation is 1. The molecule has 1 saturated carbocycles. The van der Waals surface area contributed by atoms with E-state index in [2.05, 4.69) is 4.99 Å². The number of nitro groups is 1. The van der Waals surface area contributed by atoms with Crippen LogP contribution in [-0.2, 0) is 20.8 Å². The van der Waals surface area contributed by atoms with E-state index in [1.165, 1.54) is 18.3 Å². The van der Waals surface area contributed by atoms with Crippen molar-refractivity contribution in [3.05, 3.63) is 33.4 Å². The van der Waals surface area contributed by atoms with Gasteiger partial charge in [0.1, 0.15) is 5.75 Å². The average molecular weight is 382 g/mol. The first kappa shape index (κ1) is 16.6. The molecule has 19 heavy (non-hydrogen) atoms. The molecule has 5 nitrogen and oxygen atoms in total. The molecule has 0 saturated heterocycles. The van der Waals surface area contributed by atoms with Crippen LogP contribution in [0.2, 0.25) is 0 Å². The van der Waals surface area contributed by atoms with E-state index in [1.807, 2.05) is 0 Å². The van der Waals surface area contributed by atoms with E-state index in [-0.39, 0.29) is 11.4 Å². The third-order valence-corrected chi connectivity index (χ3v) is 2.50. The molecule has 0 aromatic heterocycles. The summed E-state index contributed by atoms with van der Waals surface area (Å²) >= 11 is -0.826. The van der Waals surface area contributed by atoms with Crippen molar-refractivity contribution in [2.45, 2.75) is 25.8 Å². The summed E-state index contributed by atoms with van der Waals surface area (Å²) in [5.41, 5.74) is 0.887. The maximum atomic E-state index is 10.6. The molecular weight excluding hydrogens is 370 g/mol. The second-order valence-corrected chi connectivity index (χ2v) is 7.77. The minimum absolute atomic E-state index is 0.0208. The van der Waals surface area contributed by atoms with Crippen molar-refractivity contribution < 1.29 is 30.9 Å². The normalized spacial score (nSPS) is 13.8. The predicted octanol–water partition coefficient (Wildman–Crippen LogP) is 3.57. The van der Waals surface area contributed by atoms with Crippen LogP contribution in [0.5, 0.6) is 5.75 Å². The molecule has 8 heteroatoms. The van der Waals surface area contributed by atoms with E-state index in [0.717, 1.165) is 12.8 Å². The summed E-state index contributed by atoms with van der Waals surface area (Å²) in [5, 5.41) is 20.4. The number of phenolic OH excluding ortho intramolecular Hbond substituents is 1. The SMILES string of the molecule is Cc1cc([N+](=O)[O-])cc(C=NC2CC2)c1O.[Cl][Zr][Cl]. The zero-order valence-electron chi connectivity index (χ0n) is 10.1. The topological polar surface area (TPSA) is 75.7 Å². The summed E-state index contributed by atoms with van der Waals surface area (Å²) < 4.78 is 0. The van der Waals surface area contributed by atoms with Crippen molar-refractivity contribution in [2.24, 2.45) is 4.99 Å². The number of rotatable bonds is 3. The van der Waals surface area contributed by atoms with E-state index in [4.69, 9.17) is 17.0 Å². The van der Waals surface area contributed by atoms with E-state index in [9.17, 15) is 15.2 Å². The van der Waals surface area contributed by atoms with Gasteiger partial charge in [0, 0.05) is 23.9 Å². The van der Waals surface area contributed by atoms with Crippen LogP contribution in [-0.4, -0.2) is 22.3 Å². The molecule has 0 unspecified atom stereocenters. The Morgan fingerprint density at radius 3 is 2.58 bits per heavy atom. The maximum absolute atomic E-state index is 10.6. The van der Waals surface area contributed by atoms with Gasteiger partial charge in [0.2, 0.25) is 0 Å². The molecule has 0 radical (unpaired) electrons. The number of nitrogens with zero attached hydrogens (tertiary/aromatic N) is 2. The van der Waals surface area contributed by atoms with Gasteiger partial charge in [-0.2, -0.15) is 0 Å². The van der Waals surface area contributed by atoms with Crippen LogP contribution in [0.1, 0.15) is 24.0 Å². The second kappa shape index (κ2) is 7.98. The molecule has 1 aliphatic rings. The molecule has 102 valence electrons. The standard InChI is InChI=1S/C11H12N2O3.2ClH.Zr/c1-7-4-10(13(15)16)5-8(11(7)14)6-12-9-2-3-9;;;/h4-6,9,14H,2-3H2,1H3;2*1H;/q;;;+2/p-2. The summed E-state index contributed by atoms with van der Waals surface area (Å²) in [6.45, 7) is 1.64. The first-order valence-corrected chi connectivity index (χ1v) is 11.8. The van der Waals surface area contributed by atoms with Gasteiger partial charge in [-0.3, -0.25) is 15.1 Å². The molecule has 0 amide bonds. The van der Waals surface area contributed by atoms with Crippen molar-refractivity contribution in [1.29, 1.82) is 0 Å². The van der Waals surface area contributed by atoms with Crippen LogP contribution in [0.15, 0.2) is 17.1 Å². The van der Waals surface area contributed by atoms with Gasteiger partial charge in [-0.25, -0.2) is 0 Å². The molecular formula is C11H12Cl2N2O3Zr. The van der Waals surface area contributed by atoms with Crippen molar-refractivity contribution >= 4 is 28.9 Å². The summed E-state index contributed by atoms with van der Waals surface area (Å²) in [7, 11) is 9.87. The first-order chi connectivity index (χ1) is 8.99.